The van der Waals surface area contributed by atoms with Crippen molar-refractivity contribution in [3.63, 3.8) is 0 Å². The zero-order valence-corrected chi connectivity index (χ0v) is 24.6. The highest BCUT2D eigenvalue weighted by molar-refractivity contribution is 5.59. The maximum atomic E-state index is 5.50. The minimum Gasteiger partial charge on any atom is -0.490 e. The van der Waals surface area contributed by atoms with Crippen LogP contribution in [0.15, 0.2) is 54.6 Å². The van der Waals surface area contributed by atoms with Gasteiger partial charge in [0, 0.05) is 18.8 Å². The van der Waals surface area contributed by atoms with Gasteiger partial charge in [0.15, 0.2) is 11.5 Å². The third-order valence-electron chi connectivity index (χ3n) is 7.32. The lowest BCUT2D eigenvalue weighted by Gasteiger charge is -2.20. The summed E-state index contributed by atoms with van der Waals surface area (Å²) < 4.78 is 16.4. The predicted octanol–water partition coefficient (Wildman–Crippen LogP) is 8.36. The average Bonchev–Trinajstić information content (AvgIpc) is 2.97. The van der Waals surface area contributed by atoms with Crippen LogP contribution >= 0.6 is 0 Å². The maximum absolute atomic E-state index is 5.50. The lowest BCUT2D eigenvalue weighted by atomic mass is 9.96. The fraction of sp³-hybridized carbons (Fsp3) is 0.471. The Labute approximate surface area is 235 Å². The Morgan fingerprint density at radius 3 is 1.77 bits per heavy atom. The molecule has 5 nitrogen and oxygen atoms in total. The zero-order chi connectivity index (χ0) is 27.8. The average molecular weight is 531 g/mol. The quantitative estimate of drug-likeness (QED) is 0.356. The largest absolute Gasteiger partial charge is 0.490 e. The van der Waals surface area contributed by atoms with Gasteiger partial charge in [0.25, 0.3) is 0 Å². The smallest absolute Gasteiger partial charge is 0.161 e. The molecule has 5 heteroatoms. The summed E-state index contributed by atoms with van der Waals surface area (Å²) in [5, 5.41) is 6.79. The van der Waals surface area contributed by atoms with Crippen LogP contribution in [0.4, 0.5) is 11.4 Å². The Morgan fingerprint density at radius 1 is 0.538 bits per heavy atom. The monoisotopic (exact) mass is 530 g/mol. The van der Waals surface area contributed by atoms with Crippen LogP contribution in [0.25, 0.3) is 0 Å². The molecule has 0 fully saturated rings. The molecule has 6 rings (SSSR count). The van der Waals surface area contributed by atoms with E-state index in [1.807, 2.05) is 6.07 Å². The highest BCUT2D eigenvalue weighted by Gasteiger charge is 2.13. The molecule has 0 saturated carbocycles. The van der Waals surface area contributed by atoms with Crippen LogP contribution in [-0.2, 0) is 6.42 Å². The summed E-state index contributed by atoms with van der Waals surface area (Å²) in [4.78, 5) is 0. The number of hydrogen-bond acceptors (Lipinski definition) is 5. The van der Waals surface area contributed by atoms with Crippen molar-refractivity contribution >= 4 is 11.4 Å². The standard InChI is InChI=1S/C12H17N.C11H15NO.C11H14O2/c1-9(2)11-6-5-10-4-3-7-13-12(10)8-11;1-8(2)9-3-4-11-10(7-9)12-5-6-13-11;1-8(2)9-3-4-10-11(7-9)13-6-5-12-10/h5-6,8-9,13H,3-4,7H2,1-2H3;3-4,7-8,12H,5-6H2,1-2H3;3-4,7-8H,5-6H2,1-2H3. The molecule has 210 valence electrons. The normalized spacial score (nSPS) is 14.9. The molecule has 2 N–H and O–H groups in total. The number of hydrogen-bond donors (Lipinski definition) is 2. The second kappa shape index (κ2) is 13.6. The molecule has 0 unspecified atom stereocenters. The van der Waals surface area contributed by atoms with Gasteiger partial charge in [-0.25, -0.2) is 0 Å². The van der Waals surface area contributed by atoms with Crippen LogP contribution in [0.1, 0.15) is 88.0 Å². The van der Waals surface area contributed by atoms with Gasteiger partial charge >= 0.3 is 0 Å². The van der Waals surface area contributed by atoms with E-state index in [2.05, 4.69) is 101 Å². The van der Waals surface area contributed by atoms with Gasteiger partial charge in [-0.3, -0.25) is 0 Å². The van der Waals surface area contributed by atoms with Crippen LogP contribution in [0.2, 0.25) is 0 Å². The van der Waals surface area contributed by atoms with Crippen molar-refractivity contribution < 1.29 is 14.2 Å². The SMILES string of the molecule is CC(C)c1ccc2c(c1)NCCC2.CC(C)c1ccc2c(c1)NCCO2.CC(C)c1ccc2c(c1)OCCO2. The first kappa shape index (κ1) is 28.7. The Kier molecular flexibility index (Phi) is 10.0. The highest BCUT2D eigenvalue weighted by Crippen LogP contribution is 2.33. The molecule has 0 bridgehead atoms. The maximum Gasteiger partial charge on any atom is 0.161 e. The van der Waals surface area contributed by atoms with Gasteiger partial charge < -0.3 is 24.8 Å². The molecule has 0 aliphatic carbocycles. The van der Waals surface area contributed by atoms with Gasteiger partial charge in [-0.1, -0.05) is 65.8 Å². The first-order valence-corrected chi connectivity index (χ1v) is 14.6. The summed E-state index contributed by atoms with van der Waals surface area (Å²) in [6.07, 6.45) is 2.51. The minimum atomic E-state index is 0.538. The fourth-order valence-corrected chi connectivity index (χ4v) is 4.77. The molecule has 3 aromatic rings. The van der Waals surface area contributed by atoms with E-state index < -0.39 is 0 Å². The Bertz CT molecular complexity index is 1070. The van der Waals surface area contributed by atoms with Crippen LogP contribution in [0, 0.1) is 0 Å². The Balaban J connectivity index is 0.000000136. The predicted molar refractivity (Wildman–Crippen MR) is 163 cm³/mol. The van der Waals surface area contributed by atoms with E-state index in [1.54, 1.807) is 0 Å². The number of rotatable bonds is 3. The van der Waals surface area contributed by atoms with Gasteiger partial charge in [0.05, 0.1) is 5.69 Å². The first-order chi connectivity index (χ1) is 18.8. The Hall–Kier alpha value is -3.34. The highest BCUT2D eigenvalue weighted by atomic mass is 16.6. The van der Waals surface area contributed by atoms with E-state index in [0.717, 1.165) is 42.6 Å². The van der Waals surface area contributed by atoms with Gasteiger partial charge in [-0.05, 0) is 83.2 Å². The third-order valence-corrected chi connectivity index (χ3v) is 7.32. The van der Waals surface area contributed by atoms with Gasteiger partial charge in [0.2, 0.25) is 0 Å². The van der Waals surface area contributed by atoms with Gasteiger partial charge in [0.1, 0.15) is 25.6 Å². The molecule has 0 amide bonds. The molecule has 3 aromatic carbocycles. The van der Waals surface area contributed by atoms with Crippen LogP contribution in [-0.4, -0.2) is 32.9 Å². The van der Waals surface area contributed by atoms with Crippen LogP contribution in [0.3, 0.4) is 0 Å². The summed E-state index contributed by atoms with van der Waals surface area (Å²) in [5.74, 6) is 4.49. The van der Waals surface area contributed by atoms with Crippen LogP contribution in [0.5, 0.6) is 17.2 Å². The zero-order valence-electron chi connectivity index (χ0n) is 24.6. The van der Waals surface area contributed by atoms with Crippen molar-refractivity contribution in [2.24, 2.45) is 0 Å². The summed E-state index contributed by atoms with van der Waals surface area (Å²) in [5.41, 5.74) is 8.07. The molecule has 3 aliphatic heterocycles. The Morgan fingerprint density at radius 2 is 1.08 bits per heavy atom. The van der Waals surface area contributed by atoms with Crippen molar-refractivity contribution in [2.45, 2.75) is 72.1 Å². The summed E-state index contributed by atoms with van der Waals surface area (Å²) in [6.45, 7) is 17.4. The minimum absolute atomic E-state index is 0.538. The molecule has 0 radical (unpaired) electrons. The van der Waals surface area contributed by atoms with Crippen LogP contribution < -0.4 is 24.8 Å². The summed E-state index contributed by atoms with van der Waals surface area (Å²) >= 11 is 0. The first-order valence-electron chi connectivity index (χ1n) is 14.6. The lowest BCUT2D eigenvalue weighted by Crippen LogP contribution is -2.18. The van der Waals surface area contributed by atoms with E-state index in [-0.39, 0.29) is 0 Å². The molecular formula is C34H46N2O3. The fourth-order valence-electron chi connectivity index (χ4n) is 4.77. The number of benzene rings is 3. The van der Waals surface area contributed by atoms with E-state index in [1.165, 1.54) is 40.8 Å². The lowest BCUT2D eigenvalue weighted by molar-refractivity contribution is 0.171. The van der Waals surface area contributed by atoms with Crippen molar-refractivity contribution in [3.05, 3.63) is 76.9 Å². The topological polar surface area (TPSA) is 51.8 Å². The summed E-state index contributed by atoms with van der Waals surface area (Å²) in [6, 6.07) is 19.4. The van der Waals surface area contributed by atoms with Crippen molar-refractivity contribution in [1.29, 1.82) is 0 Å². The second-order valence-corrected chi connectivity index (χ2v) is 11.3. The third kappa shape index (κ3) is 7.84. The number of nitrogens with one attached hydrogen (secondary N) is 2. The van der Waals surface area contributed by atoms with Gasteiger partial charge in [-0.2, -0.15) is 0 Å². The molecule has 0 spiro atoms. The van der Waals surface area contributed by atoms with Crippen molar-refractivity contribution in [3.8, 4) is 17.2 Å². The van der Waals surface area contributed by atoms with Crippen molar-refractivity contribution in [1.82, 2.24) is 0 Å². The molecule has 3 aliphatic rings. The molecule has 3 heterocycles. The second-order valence-electron chi connectivity index (χ2n) is 11.3. The molecule has 0 saturated heterocycles. The molecule has 39 heavy (non-hydrogen) atoms. The van der Waals surface area contributed by atoms with E-state index in [4.69, 9.17) is 14.2 Å². The number of ether oxygens (including phenoxy) is 3. The number of fused-ring (bicyclic) bond motifs is 3. The molecule has 0 atom stereocenters. The van der Waals surface area contributed by atoms with Crippen molar-refractivity contribution in [2.75, 3.05) is 43.5 Å². The number of aryl methyl sites for hydroxylation is 1. The molecule has 0 aromatic heterocycles. The van der Waals surface area contributed by atoms with Gasteiger partial charge in [-0.15, -0.1) is 0 Å². The van der Waals surface area contributed by atoms with E-state index in [9.17, 15) is 0 Å². The number of anilines is 2. The van der Waals surface area contributed by atoms with E-state index in [0.29, 0.717) is 31.0 Å². The van der Waals surface area contributed by atoms with E-state index >= 15 is 0 Å². The molecular weight excluding hydrogens is 484 g/mol. The summed E-state index contributed by atoms with van der Waals surface area (Å²) in [7, 11) is 0.